The molecule has 4 rings (SSSR count). The van der Waals surface area contributed by atoms with Gasteiger partial charge in [-0.1, -0.05) is 12.8 Å². The van der Waals surface area contributed by atoms with Gasteiger partial charge in [0.25, 0.3) is 15.9 Å². The molecule has 0 radical (unpaired) electrons. The highest BCUT2D eigenvalue weighted by atomic mass is 32.2. The minimum atomic E-state index is -3.99. The summed E-state index contributed by atoms with van der Waals surface area (Å²) in [7, 11) is -7.56. The summed E-state index contributed by atoms with van der Waals surface area (Å²) in [6.07, 6.45) is 7.63. The molecule has 0 spiro atoms. The first-order valence-corrected chi connectivity index (χ1v) is 16.0. The summed E-state index contributed by atoms with van der Waals surface area (Å²) in [5.74, 6) is -0.148. The summed E-state index contributed by atoms with van der Waals surface area (Å²) in [4.78, 5) is 15.9. The fourth-order valence-corrected chi connectivity index (χ4v) is 7.62. The maximum atomic E-state index is 13.2. The molecule has 2 aliphatic heterocycles. The smallest absolute Gasteiger partial charge is 0.261 e. The van der Waals surface area contributed by atoms with Crippen molar-refractivity contribution in [3.63, 3.8) is 0 Å². The summed E-state index contributed by atoms with van der Waals surface area (Å²) in [6, 6.07) is 10.3. The second-order valence-electron chi connectivity index (χ2n) is 8.81. The highest BCUT2D eigenvalue weighted by Crippen LogP contribution is 2.28. The number of hydrogen-bond donors (Lipinski definition) is 1. The fourth-order valence-electron chi connectivity index (χ4n) is 4.45. The normalized spacial score (nSPS) is 17.8. The number of nitrogens with zero attached hydrogens (tertiary/aromatic N) is 2. The quantitative estimate of drug-likeness (QED) is 0.535. The van der Waals surface area contributed by atoms with E-state index < -0.39 is 20.0 Å². The van der Waals surface area contributed by atoms with Crippen molar-refractivity contribution in [1.29, 1.82) is 0 Å². The van der Waals surface area contributed by atoms with Gasteiger partial charge in [-0.15, -0.1) is 11.8 Å². The molecule has 8 nitrogen and oxygen atoms in total. The Morgan fingerprint density at radius 1 is 0.800 bits per heavy atom. The minimum Gasteiger partial charge on any atom is -0.339 e. The van der Waals surface area contributed by atoms with E-state index in [0.29, 0.717) is 31.7 Å². The first-order valence-electron chi connectivity index (χ1n) is 11.8. The van der Waals surface area contributed by atoms with Crippen LogP contribution in [-0.4, -0.2) is 64.4 Å². The van der Waals surface area contributed by atoms with Crippen molar-refractivity contribution < 1.29 is 21.6 Å². The minimum absolute atomic E-state index is 0.0118. The molecule has 190 valence electrons. The standard InChI is InChI=1S/C24H31N3O5S3/c1-33-23-13-12-21(18-22(23)24(28)26-14-4-2-3-5-15-26)34(29,30)25-19-8-10-20(11-9-19)35(31,32)27-16-6-7-17-27/h8-13,18,25H,2-7,14-17H2,1H3. The second-order valence-corrected chi connectivity index (χ2v) is 13.3. The molecule has 0 saturated carbocycles. The molecule has 1 N–H and O–H groups in total. The lowest BCUT2D eigenvalue weighted by atomic mass is 10.2. The molecule has 2 heterocycles. The van der Waals surface area contributed by atoms with E-state index in [9.17, 15) is 21.6 Å². The molecule has 0 unspecified atom stereocenters. The summed E-state index contributed by atoms with van der Waals surface area (Å²) in [5.41, 5.74) is 0.633. The number of benzene rings is 2. The largest absolute Gasteiger partial charge is 0.339 e. The number of nitrogens with one attached hydrogen (secondary N) is 1. The number of amides is 1. The van der Waals surface area contributed by atoms with E-state index in [2.05, 4.69) is 4.72 Å². The van der Waals surface area contributed by atoms with Crippen LogP contribution in [0.25, 0.3) is 0 Å². The van der Waals surface area contributed by atoms with E-state index >= 15 is 0 Å². The number of carbonyl (C=O) groups excluding carboxylic acids is 1. The SMILES string of the molecule is CSc1ccc(S(=O)(=O)Nc2ccc(S(=O)(=O)N3CCCC3)cc2)cc1C(=O)N1CCCCCC1. The van der Waals surface area contributed by atoms with Gasteiger partial charge in [-0.3, -0.25) is 9.52 Å². The molecular formula is C24H31N3O5S3. The molecule has 0 aromatic heterocycles. The molecule has 11 heteroatoms. The van der Waals surface area contributed by atoms with Gasteiger partial charge in [0.15, 0.2) is 0 Å². The average molecular weight is 538 g/mol. The van der Waals surface area contributed by atoms with Crippen LogP contribution in [0.4, 0.5) is 5.69 Å². The third kappa shape index (κ3) is 5.84. The van der Waals surface area contributed by atoms with E-state index in [1.54, 1.807) is 6.07 Å². The lowest BCUT2D eigenvalue weighted by molar-refractivity contribution is 0.0758. The molecule has 2 fully saturated rings. The molecule has 35 heavy (non-hydrogen) atoms. The Hall–Kier alpha value is -2.08. The lowest BCUT2D eigenvalue weighted by Crippen LogP contribution is -2.32. The third-order valence-corrected chi connectivity index (χ3v) is 10.5. The molecule has 2 aliphatic rings. The van der Waals surface area contributed by atoms with Crippen LogP contribution >= 0.6 is 11.8 Å². The van der Waals surface area contributed by atoms with Crippen molar-refractivity contribution in [1.82, 2.24) is 9.21 Å². The van der Waals surface area contributed by atoms with E-state index in [1.807, 2.05) is 11.2 Å². The van der Waals surface area contributed by atoms with Gasteiger partial charge in [-0.2, -0.15) is 4.31 Å². The van der Waals surface area contributed by atoms with Crippen LogP contribution in [-0.2, 0) is 20.0 Å². The molecule has 0 bridgehead atoms. The second kappa shape index (κ2) is 10.9. The van der Waals surface area contributed by atoms with E-state index in [1.165, 1.54) is 52.5 Å². The van der Waals surface area contributed by atoms with Crippen molar-refractivity contribution >= 4 is 43.4 Å². The number of rotatable bonds is 7. The zero-order chi connectivity index (χ0) is 25.1. The van der Waals surface area contributed by atoms with Crippen molar-refractivity contribution in [2.75, 3.05) is 37.2 Å². The first kappa shape index (κ1) is 26.0. The fraction of sp³-hybridized carbons (Fsp3) is 0.458. The number of carbonyl (C=O) groups is 1. The van der Waals surface area contributed by atoms with Gasteiger partial charge in [0.05, 0.1) is 15.4 Å². The van der Waals surface area contributed by atoms with E-state index in [0.717, 1.165) is 43.4 Å². The Morgan fingerprint density at radius 3 is 1.97 bits per heavy atom. The van der Waals surface area contributed by atoms with Crippen LogP contribution in [0.15, 0.2) is 57.2 Å². The Balaban J connectivity index is 1.55. The van der Waals surface area contributed by atoms with Gasteiger partial charge in [-0.25, -0.2) is 16.8 Å². The molecule has 2 aromatic rings. The zero-order valence-corrected chi connectivity index (χ0v) is 22.2. The first-order chi connectivity index (χ1) is 16.7. The van der Waals surface area contributed by atoms with Crippen LogP contribution in [0.3, 0.4) is 0 Å². The van der Waals surface area contributed by atoms with Gasteiger partial charge in [-0.05, 0) is 74.4 Å². The van der Waals surface area contributed by atoms with Gasteiger partial charge in [0, 0.05) is 36.8 Å². The van der Waals surface area contributed by atoms with Crippen molar-refractivity contribution in [2.24, 2.45) is 0 Å². The number of hydrogen-bond acceptors (Lipinski definition) is 6. The Bertz CT molecular complexity index is 1260. The van der Waals surface area contributed by atoms with Crippen LogP contribution in [0.5, 0.6) is 0 Å². The molecule has 0 aliphatic carbocycles. The van der Waals surface area contributed by atoms with Gasteiger partial charge >= 0.3 is 0 Å². The summed E-state index contributed by atoms with van der Waals surface area (Å²) < 4.78 is 55.6. The number of thioether (sulfide) groups is 1. The van der Waals surface area contributed by atoms with Crippen LogP contribution in [0.2, 0.25) is 0 Å². The van der Waals surface area contributed by atoms with Crippen molar-refractivity contribution in [3.8, 4) is 0 Å². The maximum Gasteiger partial charge on any atom is 0.261 e. The number of sulfonamides is 2. The predicted octanol–water partition coefficient (Wildman–Crippen LogP) is 4.01. The summed E-state index contributed by atoms with van der Waals surface area (Å²) >= 11 is 1.41. The monoisotopic (exact) mass is 537 g/mol. The van der Waals surface area contributed by atoms with Crippen LogP contribution in [0, 0.1) is 0 Å². The molecular weight excluding hydrogens is 506 g/mol. The maximum absolute atomic E-state index is 13.2. The highest BCUT2D eigenvalue weighted by Gasteiger charge is 2.27. The van der Waals surface area contributed by atoms with Gasteiger partial charge in [0.2, 0.25) is 10.0 Å². The topological polar surface area (TPSA) is 104 Å². The lowest BCUT2D eigenvalue weighted by Gasteiger charge is -2.22. The van der Waals surface area contributed by atoms with E-state index in [4.69, 9.17) is 0 Å². The third-order valence-electron chi connectivity index (χ3n) is 6.41. The molecule has 0 atom stereocenters. The summed E-state index contributed by atoms with van der Waals surface area (Å²) in [6.45, 7) is 2.35. The number of anilines is 1. The zero-order valence-electron chi connectivity index (χ0n) is 19.8. The summed E-state index contributed by atoms with van der Waals surface area (Å²) in [5, 5.41) is 0. The predicted molar refractivity (Wildman–Crippen MR) is 138 cm³/mol. The van der Waals surface area contributed by atoms with Crippen LogP contribution in [0.1, 0.15) is 48.9 Å². The Kier molecular flexibility index (Phi) is 8.09. The number of likely N-dealkylation sites (tertiary alicyclic amines) is 1. The average Bonchev–Trinajstić information content (AvgIpc) is 3.27. The van der Waals surface area contributed by atoms with Gasteiger partial charge in [0.1, 0.15) is 0 Å². The van der Waals surface area contributed by atoms with E-state index in [-0.39, 0.29) is 21.4 Å². The van der Waals surface area contributed by atoms with Gasteiger partial charge < -0.3 is 4.90 Å². The Morgan fingerprint density at radius 2 is 1.37 bits per heavy atom. The molecule has 1 amide bonds. The van der Waals surface area contributed by atoms with Crippen molar-refractivity contribution in [2.45, 2.75) is 53.2 Å². The molecule has 2 aromatic carbocycles. The highest BCUT2D eigenvalue weighted by molar-refractivity contribution is 7.98. The van der Waals surface area contributed by atoms with Crippen molar-refractivity contribution in [3.05, 3.63) is 48.0 Å². The molecule has 2 saturated heterocycles. The van der Waals surface area contributed by atoms with Crippen LogP contribution < -0.4 is 4.72 Å². The Labute approximate surface area is 212 Å².